The van der Waals surface area contributed by atoms with Gasteiger partial charge >= 0.3 is 13.5 Å². The molecule has 0 aromatic heterocycles. The molecule has 0 unspecified atom stereocenters. The Kier molecular flexibility index (Phi) is 11.4. The third kappa shape index (κ3) is 9.04. The first-order chi connectivity index (χ1) is 16.3. The Balaban J connectivity index is 2.33. The summed E-state index contributed by atoms with van der Waals surface area (Å²) >= 11 is 0. The molecule has 183 valence electrons. The molecule has 0 aliphatic carbocycles. The van der Waals surface area contributed by atoms with Crippen LogP contribution in [0.5, 0.6) is 5.75 Å². The van der Waals surface area contributed by atoms with Crippen LogP contribution in [0, 0.1) is 17.2 Å². The minimum atomic E-state index is -0.742. The number of rotatable bonds is 6. The number of amides is 1. The Bertz CT molecular complexity index is 855. The molecule has 2 bridgehead atoms. The van der Waals surface area contributed by atoms with Gasteiger partial charge in [-0.3, -0.25) is 19.8 Å². The summed E-state index contributed by atoms with van der Waals surface area (Å²) in [7, 11) is 2.60. The van der Waals surface area contributed by atoms with Crippen molar-refractivity contribution in [2.75, 3.05) is 13.7 Å². The predicted molar refractivity (Wildman–Crippen MR) is 130 cm³/mol. The highest BCUT2D eigenvalue weighted by atomic mass is 16.5. The standard InChI is InChI=1S/C25H34BN2O6/c1-17(2)13-22-23(29)15-19(25(31)32-3)7-5-4-6-12-33-20-10-8-18(9-11-20)14-21(24(30)28-22)26-34-16-27/h4-5,8-11,16-17,19,21-22,27H,6-7,12-15H2,1-3H3,(H,28,30)/t19-,21+,22+/m1/s1. The number of carbonyl (C=O) groups excluding carboxylic acids is 3. The van der Waals surface area contributed by atoms with E-state index in [9.17, 15) is 14.4 Å². The first kappa shape index (κ1) is 27.2. The van der Waals surface area contributed by atoms with E-state index in [1.807, 2.05) is 50.3 Å². The number of ketones is 1. The molecule has 1 aromatic rings. The van der Waals surface area contributed by atoms with Crippen LogP contribution in [0.3, 0.4) is 0 Å². The van der Waals surface area contributed by atoms with Gasteiger partial charge in [-0.2, -0.15) is 0 Å². The monoisotopic (exact) mass is 469 g/mol. The van der Waals surface area contributed by atoms with Crippen LogP contribution in [-0.4, -0.2) is 51.3 Å². The highest BCUT2D eigenvalue weighted by Gasteiger charge is 2.31. The van der Waals surface area contributed by atoms with Gasteiger partial charge in [0.25, 0.3) is 0 Å². The number of hydrogen-bond donors (Lipinski definition) is 2. The zero-order valence-corrected chi connectivity index (χ0v) is 20.1. The molecule has 2 heterocycles. The Morgan fingerprint density at radius 2 is 1.97 bits per heavy atom. The van der Waals surface area contributed by atoms with E-state index in [1.54, 1.807) is 0 Å². The number of benzene rings is 1. The van der Waals surface area contributed by atoms with E-state index in [2.05, 4.69) is 5.32 Å². The van der Waals surface area contributed by atoms with E-state index in [1.165, 1.54) is 14.6 Å². The van der Waals surface area contributed by atoms with Crippen LogP contribution in [0.2, 0.25) is 5.82 Å². The summed E-state index contributed by atoms with van der Waals surface area (Å²) in [5.41, 5.74) is 0.885. The lowest BCUT2D eigenvalue weighted by Gasteiger charge is -2.24. The van der Waals surface area contributed by atoms with Crippen molar-refractivity contribution in [3.63, 3.8) is 0 Å². The van der Waals surface area contributed by atoms with Crippen LogP contribution in [0.15, 0.2) is 36.4 Å². The van der Waals surface area contributed by atoms with Crippen molar-refractivity contribution in [3.05, 3.63) is 42.0 Å². The largest absolute Gasteiger partial charge is 0.555 e. The second-order valence-electron chi connectivity index (χ2n) is 8.77. The molecular weight excluding hydrogens is 435 g/mol. The minimum Gasteiger partial charge on any atom is -0.555 e. The van der Waals surface area contributed by atoms with Crippen molar-refractivity contribution < 1.29 is 28.5 Å². The summed E-state index contributed by atoms with van der Waals surface area (Å²) in [6.07, 6.45) is 6.30. The summed E-state index contributed by atoms with van der Waals surface area (Å²) in [6, 6.07) is 6.70. The average Bonchev–Trinajstić information content (AvgIpc) is 2.81. The fraction of sp³-hybridized carbons (Fsp3) is 0.520. The Morgan fingerprint density at radius 1 is 1.24 bits per heavy atom. The van der Waals surface area contributed by atoms with Gasteiger partial charge in [0.05, 0.1) is 31.5 Å². The van der Waals surface area contributed by atoms with Crippen molar-refractivity contribution in [2.24, 2.45) is 11.8 Å². The molecule has 3 rings (SSSR count). The number of fused-ring (bicyclic) bond motifs is 14. The number of ether oxygens (including phenoxy) is 2. The number of nitrogens with one attached hydrogen (secondary N) is 2. The molecule has 0 fully saturated rings. The van der Waals surface area contributed by atoms with Crippen molar-refractivity contribution in [2.45, 2.75) is 57.8 Å². The fourth-order valence-electron chi connectivity index (χ4n) is 3.77. The predicted octanol–water partition coefficient (Wildman–Crippen LogP) is 3.27. The van der Waals surface area contributed by atoms with Gasteiger partial charge in [-0.25, -0.2) is 0 Å². The van der Waals surface area contributed by atoms with E-state index in [0.29, 0.717) is 38.0 Å². The van der Waals surface area contributed by atoms with Gasteiger partial charge in [0, 0.05) is 6.42 Å². The van der Waals surface area contributed by atoms with Crippen molar-refractivity contribution >= 4 is 31.5 Å². The molecule has 9 heteroatoms. The molecule has 0 saturated heterocycles. The quantitative estimate of drug-likeness (QED) is 0.217. The van der Waals surface area contributed by atoms with Gasteiger partial charge in [-0.15, -0.1) is 0 Å². The number of methoxy groups -OCH3 is 1. The maximum absolute atomic E-state index is 13.2. The van der Waals surface area contributed by atoms with Gasteiger partial charge in [0.15, 0.2) is 5.78 Å². The number of hydrogen-bond acceptors (Lipinski definition) is 7. The molecule has 1 radical (unpaired) electrons. The maximum atomic E-state index is 13.2. The van der Waals surface area contributed by atoms with Crippen LogP contribution >= 0.6 is 0 Å². The highest BCUT2D eigenvalue weighted by molar-refractivity contribution is 6.39. The SMILES string of the molecule is COC(=O)[C@@H]1CC=CCCOc2ccc(cc2)C[C@H]([B]OC=N)C(=O)N[C@@H](CC(C)C)C(=O)C1. The Labute approximate surface area is 202 Å². The minimum absolute atomic E-state index is 0.0304. The highest BCUT2D eigenvalue weighted by Crippen LogP contribution is 2.21. The van der Waals surface area contributed by atoms with E-state index in [4.69, 9.17) is 19.5 Å². The zero-order valence-electron chi connectivity index (χ0n) is 20.1. The molecule has 0 saturated carbocycles. The van der Waals surface area contributed by atoms with Crippen LogP contribution < -0.4 is 10.1 Å². The molecule has 3 atom stereocenters. The lowest BCUT2D eigenvalue weighted by molar-refractivity contribution is -0.147. The molecule has 2 N–H and O–H groups in total. The average molecular weight is 469 g/mol. The first-order valence-corrected chi connectivity index (χ1v) is 11.6. The fourth-order valence-corrected chi connectivity index (χ4v) is 3.77. The van der Waals surface area contributed by atoms with E-state index in [-0.39, 0.29) is 24.0 Å². The maximum Gasteiger partial charge on any atom is 0.384 e. The third-order valence-electron chi connectivity index (χ3n) is 5.56. The van der Waals surface area contributed by atoms with Crippen molar-refractivity contribution in [1.29, 1.82) is 5.41 Å². The normalized spacial score (nSPS) is 22.2. The molecule has 1 amide bonds. The first-order valence-electron chi connectivity index (χ1n) is 11.6. The number of carbonyl (C=O) groups is 3. The number of esters is 1. The third-order valence-corrected chi connectivity index (χ3v) is 5.56. The van der Waals surface area contributed by atoms with Gasteiger partial charge in [-0.1, -0.05) is 38.1 Å². The lowest BCUT2D eigenvalue weighted by Crippen LogP contribution is -2.45. The van der Waals surface area contributed by atoms with E-state index >= 15 is 0 Å². The van der Waals surface area contributed by atoms with Crippen molar-refractivity contribution in [1.82, 2.24) is 5.32 Å². The van der Waals surface area contributed by atoms with Gasteiger partial charge < -0.3 is 19.4 Å². The van der Waals surface area contributed by atoms with Gasteiger partial charge in [-0.05, 0) is 49.3 Å². The molecule has 34 heavy (non-hydrogen) atoms. The second-order valence-corrected chi connectivity index (χ2v) is 8.77. The summed E-state index contributed by atoms with van der Waals surface area (Å²) in [4.78, 5) is 38.6. The smallest absolute Gasteiger partial charge is 0.384 e. The topological polar surface area (TPSA) is 115 Å². The zero-order chi connectivity index (χ0) is 24.9. The van der Waals surface area contributed by atoms with Crippen molar-refractivity contribution in [3.8, 4) is 5.75 Å². The number of allylic oxidation sites excluding steroid dienone is 1. The molecular formula is C25H34BN2O6. The second kappa shape index (κ2) is 14.2. The van der Waals surface area contributed by atoms with Crippen LogP contribution in [0.25, 0.3) is 0 Å². The Hall–Kier alpha value is -3.10. The summed E-state index contributed by atoms with van der Waals surface area (Å²) < 4.78 is 15.6. The molecule has 8 nitrogen and oxygen atoms in total. The van der Waals surface area contributed by atoms with Gasteiger partial charge in [0.1, 0.15) is 12.2 Å². The van der Waals surface area contributed by atoms with E-state index in [0.717, 1.165) is 12.0 Å². The van der Waals surface area contributed by atoms with Crippen LogP contribution in [-0.2, 0) is 30.2 Å². The summed E-state index contributed by atoms with van der Waals surface area (Å²) in [5, 5.41) is 10.0. The van der Waals surface area contributed by atoms with Crippen LogP contribution in [0.4, 0.5) is 0 Å². The van der Waals surface area contributed by atoms with E-state index < -0.39 is 23.7 Å². The molecule has 0 spiro atoms. The summed E-state index contributed by atoms with van der Waals surface area (Å²) in [6.45, 7) is 4.41. The number of Topliss-reactive ketones (excluding diaryl/α,β-unsaturated/α-hetero) is 1. The lowest BCUT2D eigenvalue weighted by atomic mass is 9.75. The van der Waals surface area contributed by atoms with Crippen LogP contribution in [0.1, 0.15) is 45.1 Å². The molecule has 2 aliphatic rings. The Morgan fingerprint density at radius 3 is 2.62 bits per heavy atom. The van der Waals surface area contributed by atoms with Gasteiger partial charge in [0.2, 0.25) is 5.91 Å². The molecule has 2 aliphatic heterocycles. The molecule has 1 aromatic carbocycles. The summed E-state index contributed by atoms with van der Waals surface area (Å²) in [5.74, 6) is -1.53.